The predicted octanol–water partition coefficient (Wildman–Crippen LogP) is 6.01. The lowest BCUT2D eigenvalue weighted by atomic mass is 9.90. The molecule has 1 heterocycles. The van der Waals surface area contributed by atoms with Gasteiger partial charge in [-0.05, 0) is 27.7 Å². The molecule has 4 heteroatoms. The van der Waals surface area contributed by atoms with Crippen molar-refractivity contribution in [2.45, 2.75) is 116 Å². The van der Waals surface area contributed by atoms with E-state index in [4.69, 9.17) is 9.31 Å². The van der Waals surface area contributed by atoms with E-state index < -0.39 is 7.94 Å². The second kappa shape index (κ2) is 8.34. The summed E-state index contributed by atoms with van der Waals surface area (Å²) < 4.78 is 13.1. The first kappa shape index (κ1) is 20.2. The van der Waals surface area contributed by atoms with Crippen LogP contribution in [0.1, 0.15) is 87.0 Å². The molecule has 22 heavy (non-hydrogen) atoms. The summed E-state index contributed by atoms with van der Waals surface area (Å²) in [5.41, 5.74) is -0.360. The molecule has 0 aliphatic carbocycles. The van der Waals surface area contributed by atoms with E-state index in [0.717, 1.165) is 0 Å². The molecule has 0 bridgehead atoms. The number of hydrogen-bond acceptors (Lipinski definition) is 2. The van der Waals surface area contributed by atoms with Gasteiger partial charge in [0.25, 0.3) is 0 Å². The molecule has 1 rings (SSSR count). The third kappa shape index (κ3) is 4.61. The zero-order valence-electron chi connectivity index (χ0n) is 16.3. The molecule has 1 aliphatic rings. The first-order valence-electron chi connectivity index (χ1n) is 9.60. The van der Waals surface area contributed by atoms with Gasteiger partial charge in [0, 0.05) is 0 Å². The van der Waals surface area contributed by atoms with Gasteiger partial charge in [-0.25, -0.2) is 0 Å². The van der Waals surface area contributed by atoms with Crippen LogP contribution in [0.25, 0.3) is 0 Å². The fraction of sp³-hybridized carbons (Fsp3) is 1.00. The van der Waals surface area contributed by atoms with Crippen molar-refractivity contribution < 1.29 is 9.31 Å². The molecule has 0 saturated carbocycles. The normalized spacial score (nSPS) is 20.6. The van der Waals surface area contributed by atoms with E-state index >= 15 is 0 Å². The molecule has 0 aromatic carbocycles. The van der Waals surface area contributed by atoms with Crippen molar-refractivity contribution in [1.82, 2.24) is 0 Å². The standard InChI is InChI=1S/C18H39BO2Si/c1-8-11-14-22(15-12-9-2,16-13-10-3)19-20-17(4,5)18(6,7)21-19/h8-16H2,1-7H3. The van der Waals surface area contributed by atoms with Gasteiger partial charge < -0.3 is 9.31 Å². The molecule has 1 fully saturated rings. The van der Waals surface area contributed by atoms with Gasteiger partial charge in [0.1, 0.15) is 7.94 Å². The average molecular weight is 326 g/mol. The van der Waals surface area contributed by atoms with Crippen molar-refractivity contribution in [3.63, 3.8) is 0 Å². The maximum Gasteiger partial charge on any atom is 0.433 e. The third-order valence-corrected chi connectivity index (χ3v) is 11.1. The zero-order chi connectivity index (χ0) is 16.9. The van der Waals surface area contributed by atoms with Gasteiger partial charge in [-0.3, -0.25) is 0 Å². The van der Waals surface area contributed by atoms with E-state index in [1.165, 1.54) is 56.7 Å². The summed E-state index contributed by atoms with van der Waals surface area (Å²) in [4.78, 5) is 0. The summed E-state index contributed by atoms with van der Waals surface area (Å²) in [6.07, 6.45) is 7.86. The Labute approximate surface area is 140 Å². The van der Waals surface area contributed by atoms with E-state index in [9.17, 15) is 0 Å². The number of rotatable bonds is 10. The Kier molecular flexibility index (Phi) is 7.68. The molecule has 1 saturated heterocycles. The fourth-order valence-electron chi connectivity index (χ4n) is 3.41. The molecule has 0 aromatic heterocycles. The van der Waals surface area contributed by atoms with Crippen molar-refractivity contribution in [3.8, 4) is 0 Å². The highest BCUT2D eigenvalue weighted by atomic mass is 28.3. The third-order valence-electron chi connectivity index (χ3n) is 5.84. The minimum Gasteiger partial charge on any atom is -0.406 e. The number of hydrogen-bond donors (Lipinski definition) is 0. The van der Waals surface area contributed by atoms with Crippen LogP contribution in [0.15, 0.2) is 0 Å². The Bertz CT molecular complexity index is 293. The van der Waals surface area contributed by atoms with Crippen molar-refractivity contribution in [2.75, 3.05) is 0 Å². The fourth-order valence-corrected chi connectivity index (χ4v) is 9.13. The highest BCUT2D eigenvalue weighted by molar-refractivity contribution is 7.28. The van der Waals surface area contributed by atoms with Gasteiger partial charge >= 0.3 is 6.71 Å². The second-order valence-corrected chi connectivity index (χ2v) is 13.0. The quantitative estimate of drug-likeness (QED) is 0.458. The summed E-state index contributed by atoms with van der Waals surface area (Å²) in [6, 6.07) is 4.13. The van der Waals surface area contributed by atoms with Gasteiger partial charge in [-0.1, -0.05) is 77.4 Å². The molecule has 2 nitrogen and oxygen atoms in total. The zero-order valence-corrected chi connectivity index (χ0v) is 17.3. The predicted molar refractivity (Wildman–Crippen MR) is 101 cm³/mol. The summed E-state index contributed by atoms with van der Waals surface area (Å²) in [5, 5.41) is 0. The largest absolute Gasteiger partial charge is 0.433 e. The van der Waals surface area contributed by atoms with Gasteiger partial charge in [0.15, 0.2) is 0 Å². The van der Waals surface area contributed by atoms with E-state index in [0.29, 0.717) is 0 Å². The Hall–Kier alpha value is 0.202. The molecule has 0 aromatic rings. The molecule has 0 unspecified atom stereocenters. The first-order chi connectivity index (χ1) is 10.2. The monoisotopic (exact) mass is 326 g/mol. The highest BCUT2D eigenvalue weighted by Gasteiger charge is 2.59. The SMILES string of the molecule is CCCC[Si](CCCC)(CCCC)B1OC(C)(C)C(C)(C)O1. The van der Waals surface area contributed by atoms with Gasteiger partial charge in [-0.2, -0.15) is 0 Å². The molecule has 0 amide bonds. The summed E-state index contributed by atoms with van der Waals surface area (Å²) in [7, 11) is -1.55. The summed E-state index contributed by atoms with van der Waals surface area (Å²) >= 11 is 0. The lowest BCUT2D eigenvalue weighted by Gasteiger charge is -2.34. The Balaban J connectivity index is 3.00. The Morgan fingerprint density at radius 2 is 1.00 bits per heavy atom. The highest BCUT2D eigenvalue weighted by Crippen LogP contribution is 2.43. The molecule has 0 N–H and O–H groups in total. The van der Waals surface area contributed by atoms with E-state index in [-0.39, 0.29) is 17.9 Å². The molecule has 0 spiro atoms. The van der Waals surface area contributed by atoms with Crippen LogP contribution in [0.5, 0.6) is 0 Å². The van der Waals surface area contributed by atoms with Gasteiger partial charge in [0.2, 0.25) is 0 Å². The van der Waals surface area contributed by atoms with Crippen LogP contribution in [0.2, 0.25) is 18.1 Å². The van der Waals surface area contributed by atoms with Crippen LogP contribution in [0.3, 0.4) is 0 Å². The lowest BCUT2D eigenvalue weighted by molar-refractivity contribution is 0.00578. The maximum absolute atomic E-state index is 6.56. The molecular formula is C18H39BO2Si. The van der Waals surface area contributed by atoms with E-state index in [1.807, 2.05) is 0 Å². The van der Waals surface area contributed by atoms with Gasteiger partial charge in [-0.15, -0.1) is 0 Å². The van der Waals surface area contributed by atoms with Crippen molar-refractivity contribution in [3.05, 3.63) is 0 Å². The number of unbranched alkanes of at least 4 members (excludes halogenated alkanes) is 3. The van der Waals surface area contributed by atoms with Crippen LogP contribution in [-0.4, -0.2) is 25.9 Å². The van der Waals surface area contributed by atoms with Crippen molar-refractivity contribution in [1.29, 1.82) is 0 Å². The van der Waals surface area contributed by atoms with E-state index in [1.54, 1.807) is 0 Å². The van der Waals surface area contributed by atoms with Crippen LogP contribution < -0.4 is 0 Å². The Morgan fingerprint density at radius 3 is 1.27 bits per heavy atom. The molecule has 1 aliphatic heterocycles. The Morgan fingerprint density at radius 1 is 0.682 bits per heavy atom. The topological polar surface area (TPSA) is 18.5 Å². The maximum atomic E-state index is 6.56. The first-order valence-corrected chi connectivity index (χ1v) is 12.3. The minimum absolute atomic E-state index is 0.0992. The van der Waals surface area contributed by atoms with Crippen LogP contribution >= 0.6 is 0 Å². The molecule has 0 atom stereocenters. The van der Waals surface area contributed by atoms with Gasteiger partial charge in [0.05, 0.1) is 11.2 Å². The molecule has 130 valence electrons. The average Bonchev–Trinajstić information content (AvgIpc) is 2.67. The van der Waals surface area contributed by atoms with Crippen molar-refractivity contribution >= 4 is 14.7 Å². The van der Waals surface area contributed by atoms with Crippen molar-refractivity contribution in [2.24, 2.45) is 0 Å². The summed E-state index contributed by atoms with van der Waals surface area (Å²) in [5.74, 6) is 0. The second-order valence-electron chi connectivity index (χ2n) is 8.26. The van der Waals surface area contributed by atoms with Crippen LogP contribution in [0.4, 0.5) is 0 Å². The van der Waals surface area contributed by atoms with E-state index in [2.05, 4.69) is 48.5 Å². The van der Waals surface area contributed by atoms with Crippen LogP contribution in [0, 0.1) is 0 Å². The van der Waals surface area contributed by atoms with Crippen LogP contribution in [-0.2, 0) is 9.31 Å². The molecule has 0 radical (unpaired) electrons. The summed E-state index contributed by atoms with van der Waals surface area (Å²) in [6.45, 7) is 15.8. The minimum atomic E-state index is -1.55. The lowest BCUT2D eigenvalue weighted by Crippen LogP contribution is -2.53. The smallest absolute Gasteiger partial charge is 0.406 e. The molecular weight excluding hydrogens is 287 g/mol.